The Morgan fingerprint density at radius 2 is 0.814 bits per heavy atom. The number of benzene rings is 1. The molecule has 1 fully saturated rings. The van der Waals surface area contributed by atoms with Crippen molar-refractivity contribution in [2.75, 3.05) is 98.2 Å². The van der Waals surface area contributed by atoms with Crippen LogP contribution in [0, 0.1) is 0 Å². The SMILES string of the molecule is CC(C)(C)[Si](F)(c1ccc(C(=O)NC[C@@H](NC(=O)CN2CCN(CC(=O)[O-])CCN(CC(=O)[O-])CCN(CC(=O)[O-])CC2)C(=O)N[C@@H](CCCCNC(=O)CCC(=O)NCCC[C@@H](NC(=O)CC[C@H](NC(=O)N[C@@H](CCC(=O)O)C(=O)O)C(=O)O)C(=O)O)C(=O)O)cc1)C(C)(C)C. The molecule has 0 saturated carbocycles. The van der Waals surface area contributed by atoms with Gasteiger partial charge in [0.25, 0.3) is 14.3 Å². The third-order valence-corrected chi connectivity index (χ3v) is 20.9. The van der Waals surface area contributed by atoms with Gasteiger partial charge in [-0.15, -0.1) is 0 Å². The predicted molar refractivity (Wildman–Crippen MR) is 336 cm³/mol. The minimum atomic E-state index is -3.75. The number of hydrogen-bond donors (Lipinski definition) is 13. The molecular formula is C60H92FN12O23Si-3. The predicted octanol–water partition coefficient (Wildman–Crippen LogP) is -5.95. The van der Waals surface area contributed by atoms with Crippen molar-refractivity contribution in [3.8, 4) is 0 Å². The van der Waals surface area contributed by atoms with Gasteiger partial charge in [0.15, 0.2) is 0 Å². The third-order valence-electron chi connectivity index (χ3n) is 15.7. The highest BCUT2D eigenvalue weighted by atomic mass is 28.4. The molecule has 35 nitrogen and oxygen atoms in total. The monoisotopic (exact) mass is 1400 g/mol. The number of aliphatic carboxylic acids is 8. The first-order chi connectivity index (χ1) is 45.2. The van der Waals surface area contributed by atoms with Crippen LogP contribution in [0.1, 0.15) is 123 Å². The Balaban J connectivity index is 2.11. The zero-order valence-electron chi connectivity index (χ0n) is 55.3. The molecule has 1 heterocycles. The van der Waals surface area contributed by atoms with E-state index in [1.807, 2.05) is 52.2 Å². The van der Waals surface area contributed by atoms with Gasteiger partial charge in [0.05, 0.1) is 24.5 Å². The summed E-state index contributed by atoms with van der Waals surface area (Å²) in [6.07, 6.45) is -3.09. The van der Waals surface area contributed by atoms with Gasteiger partial charge >= 0.3 is 35.9 Å². The molecule has 97 heavy (non-hydrogen) atoms. The van der Waals surface area contributed by atoms with Gasteiger partial charge < -0.3 is 102 Å². The molecule has 544 valence electrons. The summed E-state index contributed by atoms with van der Waals surface area (Å²) in [7, 11) is -3.75. The molecule has 13 N–H and O–H groups in total. The second-order valence-corrected chi connectivity index (χ2v) is 30.2. The molecule has 1 saturated heterocycles. The van der Waals surface area contributed by atoms with E-state index in [2.05, 4.69) is 31.9 Å². The van der Waals surface area contributed by atoms with Crippen LogP contribution >= 0.6 is 0 Å². The summed E-state index contributed by atoms with van der Waals surface area (Å²) >= 11 is 0. The molecule has 1 aliphatic rings. The van der Waals surface area contributed by atoms with Gasteiger partial charge in [-0.1, -0.05) is 53.7 Å². The zero-order valence-corrected chi connectivity index (χ0v) is 56.3. The number of carbonyl (C=O) groups excluding carboxylic acids is 10. The maximum atomic E-state index is 17.1. The number of carbonyl (C=O) groups is 15. The average Bonchev–Trinajstić information content (AvgIpc) is 0.749. The van der Waals surface area contributed by atoms with Gasteiger partial charge in [0.2, 0.25) is 29.5 Å². The minimum absolute atomic E-state index is 0.00482. The number of nitrogens with zero attached hydrogens (tertiary/aromatic N) is 4. The molecule has 0 radical (unpaired) electrons. The van der Waals surface area contributed by atoms with Crippen LogP contribution < -0.4 is 63.0 Å². The van der Waals surface area contributed by atoms with E-state index < -0.39 is 196 Å². The van der Waals surface area contributed by atoms with Gasteiger partial charge in [-0.2, -0.15) is 0 Å². The lowest BCUT2D eigenvalue weighted by Gasteiger charge is -2.44. The normalized spacial score (nSPS) is 15.5. The lowest BCUT2D eigenvalue weighted by atomic mass is 10.1. The summed E-state index contributed by atoms with van der Waals surface area (Å²) in [6, 6.07) is -3.53. The first-order valence-corrected chi connectivity index (χ1v) is 33.3. The van der Waals surface area contributed by atoms with Crippen molar-refractivity contribution in [3.05, 3.63) is 29.8 Å². The van der Waals surface area contributed by atoms with Crippen molar-refractivity contribution >= 4 is 103 Å². The van der Waals surface area contributed by atoms with Crippen LogP contribution in [0.4, 0.5) is 8.90 Å². The second kappa shape index (κ2) is 41.2. The summed E-state index contributed by atoms with van der Waals surface area (Å²) in [5, 5.41) is 100.0. The fourth-order valence-electron chi connectivity index (χ4n) is 10.7. The van der Waals surface area contributed by atoms with Crippen molar-refractivity contribution < 1.29 is 117 Å². The standard InChI is InChI=1S/C60H95FN12O23Si/c1-59(2,3)97(61,60(4,5)6)38-14-12-37(13-15-38)52(86)64-32-43(66-47(77)33-70-24-26-71(34-49(80)81)28-30-73(36-51(84)85)31-29-72(27-25-70)35-50(82)83)53(87)67-40(55(90)91)10-7-8-22-62-44(74)19-20-45(75)63-23-9-11-39(54(88)89)65-46(76)18-16-41(56(92)93)68-58(96)69-42(57(94)95)17-21-48(78)79/h12-15,39-43H,7-11,16-36H2,1-6H3,(H,62,74)(H,63,75)(H,64,86)(H,65,76)(H,66,77)(H,67,87)(H,78,79)(H,80,81)(H,82,83)(H,84,85)(H,88,89)(H,90,91)(H,92,93)(H,94,95)(H2,68,69,96)/p-3/t39-,40+,41+,42+,43-/m1/s1. The fraction of sp³-hybridized carbons (Fsp3) is 0.650. The minimum Gasteiger partial charge on any atom is -0.549 e. The Hall–Kier alpha value is -8.94. The smallest absolute Gasteiger partial charge is 0.326 e. The number of rotatable bonds is 40. The zero-order chi connectivity index (χ0) is 73.4. The van der Waals surface area contributed by atoms with E-state index in [-0.39, 0.29) is 116 Å². The van der Waals surface area contributed by atoms with E-state index >= 15 is 4.11 Å². The van der Waals surface area contributed by atoms with Crippen molar-refractivity contribution in [3.63, 3.8) is 0 Å². The number of carboxylic acid groups (broad SMARTS) is 8. The van der Waals surface area contributed by atoms with Crippen LogP contribution in [0.5, 0.6) is 0 Å². The summed E-state index contributed by atoms with van der Waals surface area (Å²) in [6.45, 7) is 7.97. The molecule has 1 aromatic carbocycles. The van der Waals surface area contributed by atoms with Crippen molar-refractivity contribution in [1.29, 1.82) is 0 Å². The quantitative estimate of drug-likeness (QED) is 0.0165. The Morgan fingerprint density at radius 3 is 1.22 bits per heavy atom. The molecule has 0 bridgehead atoms. The number of urea groups is 1. The lowest BCUT2D eigenvalue weighted by molar-refractivity contribution is -0.308. The molecule has 0 aromatic heterocycles. The van der Waals surface area contributed by atoms with E-state index in [1.165, 1.54) is 43.9 Å². The molecule has 1 aliphatic heterocycles. The molecule has 37 heteroatoms. The van der Waals surface area contributed by atoms with Crippen molar-refractivity contribution in [2.45, 2.75) is 152 Å². The van der Waals surface area contributed by atoms with Crippen LogP contribution in [-0.2, 0) is 62.3 Å². The highest BCUT2D eigenvalue weighted by Gasteiger charge is 2.56. The van der Waals surface area contributed by atoms with Crippen LogP contribution in [0.3, 0.4) is 0 Å². The summed E-state index contributed by atoms with van der Waals surface area (Å²) < 4.78 is 17.1. The first-order valence-electron chi connectivity index (χ1n) is 31.4. The number of amides is 8. The lowest BCUT2D eigenvalue weighted by Crippen LogP contribution is -2.58. The topological polar surface area (TPSA) is 536 Å². The number of carboxylic acids is 8. The van der Waals surface area contributed by atoms with E-state index in [4.69, 9.17) is 5.11 Å². The molecule has 0 unspecified atom stereocenters. The van der Waals surface area contributed by atoms with Crippen LogP contribution in [-0.4, -0.2) is 271 Å². The van der Waals surface area contributed by atoms with Crippen molar-refractivity contribution in [1.82, 2.24) is 62.1 Å². The number of unbranched alkanes of at least 4 members (excludes halogenated alkanes) is 1. The van der Waals surface area contributed by atoms with Crippen LogP contribution in [0.25, 0.3) is 0 Å². The molecule has 0 spiro atoms. The molecular weight excluding hydrogens is 1300 g/mol. The number of hydrogen-bond acceptors (Lipinski definition) is 22. The Kier molecular flexibility index (Phi) is 35.8. The Morgan fingerprint density at radius 1 is 0.443 bits per heavy atom. The fourth-order valence-corrected chi connectivity index (χ4v) is 15.3. The summed E-state index contributed by atoms with van der Waals surface area (Å²) in [5.74, 6) is -16.6. The molecule has 1 aromatic rings. The molecule has 8 amide bonds. The Labute approximate surface area is 560 Å². The first kappa shape index (κ1) is 84.1. The average molecular weight is 1400 g/mol. The van der Waals surface area contributed by atoms with Crippen LogP contribution in [0.15, 0.2) is 24.3 Å². The van der Waals surface area contributed by atoms with Crippen LogP contribution in [0.2, 0.25) is 10.1 Å². The Bertz CT molecular complexity index is 2870. The van der Waals surface area contributed by atoms with Gasteiger partial charge in [-0.05, 0) is 72.3 Å². The van der Waals surface area contributed by atoms with E-state index in [0.29, 0.717) is 5.19 Å². The van der Waals surface area contributed by atoms with Gasteiger partial charge in [-0.3, -0.25) is 53.2 Å². The van der Waals surface area contributed by atoms with E-state index in [1.54, 1.807) is 0 Å². The van der Waals surface area contributed by atoms with E-state index in [9.17, 15) is 108 Å². The molecule has 5 atom stereocenters. The highest BCUT2D eigenvalue weighted by molar-refractivity contribution is 6.90. The second-order valence-electron chi connectivity index (χ2n) is 25.4. The summed E-state index contributed by atoms with van der Waals surface area (Å²) in [5.41, 5.74) is 0.0635. The third kappa shape index (κ3) is 32.1. The van der Waals surface area contributed by atoms with Crippen molar-refractivity contribution in [2.24, 2.45) is 0 Å². The number of nitrogens with one attached hydrogen (secondary N) is 8. The maximum Gasteiger partial charge on any atom is 0.326 e. The highest BCUT2D eigenvalue weighted by Crippen LogP contribution is 2.51. The molecule has 2 rings (SSSR count). The largest absolute Gasteiger partial charge is 0.549 e. The molecule has 0 aliphatic carbocycles. The summed E-state index contributed by atoms with van der Waals surface area (Å²) in [4.78, 5) is 191. The van der Waals surface area contributed by atoms with Gasteiger partial charge in [0.1, 0.15) is 30.2 Å². The number of halogens is 1. The van der Waals surface area contributed by atoms with Gasteiger partial charge in [0, 0.05) is 123 Å². The van der Waals surface area contributed by atoms with Gasteiger partial charge in [-0.25, -0.2) is 24.0 Å². The van der Waals surface area contributed by atoms with E-state index in [0.717, 1.165) is 0 Å². The maximum absolute atomic E-state index is 17.1.